The Balaban J connectivity index is 2.03. The zero-order valence-corrected chi connectivity index (χ0v) is 9.42. The van der Waals surface area contributed by atoms with E-state index in [2.05, 4.69) is 30.6 Å². The number of nitrogens with zero attached hydrogens (tertiary/aromatic N) is 2. The number of fused-ring (bicyclic) bond motifs is 1. The molecule has 2 rings (SSSR count). The van der Waals surface area contributed by atoms with Gasteiger partial charge in [-0.1, -0.05) is 0 Å². The molecule has 0 radical (unpaired) electrons. The Morgan fingerprint density at radius 2 is 2.00 bits per heavy atom. The molecule has 0 aliphatic carbocycles. The highest BCUT2D eigenvalue weighted by atomic mass is 16.2. The van der Waals surface area contributed by atoms with Gasteiger partial charge in [-0.25, -0.2) is 0 Å². The Kier molecular flexibility index (Phi) is 2.30. The highest BCUT2D eigenvalue weighted by molar-refractivity contribution is 5.78. The molecule has 0 aromatic rings. The van der Waals surface area contributed by atoms with E-state index in [1.165, 1.54) is 0 Å². The summed E-state index contributed by atoms with van der Waals surface area (Å²) in [4.78, 5) is 16.0. The number of rotatable bonds is 0. The van der Waals surface area contributed by atoms with E-state index in [1.54, 1.807) is 0 Å². The topological polar surface area (TPSA) is 23.6 Å². The van der Waals surface area contributed by atoms with Gasteiger partial charge in [-0.05, 0) is 27.2 Å². The largest absolute Gasteiger partial charge is 0.337 e. The molecule has 3 heteroatoms. The number of amides is 1. The standard InChI is InChI=1S/C11H20N2O/c1-11(2,3)12-6-7-13-9(8-12)4-5-10(13)14/h9H,4-8H2,1-3H3/t9-/m0/s1. The van der Waals surface area contributed by atoms with Crippen LogP contribution in [0.15, 0.2) is 0 Å². The number of hydrogen-bond donors (Lipinski definition) is 0. The van der Waals surface area contributed by atoms with Crippen LogP contribution in [0, 0.1) is 0 Å². The fourth-order valence-corrected chi connectivity index (χ4v) is 2.47. The molecule has 1 atom stereocenters. The summed E-state index contributed by atoms with van der Waals surface area (Å²) in [5.74, 6) is 0.364. The Bertz CT molecular complexity index is 244. The number of hydrogen-bond acceptors (Lipinski definition) is 2. The van der Waals surface area contributed by atoms with E-state index in [-0.39, 0.29) is 5.54 Å². The summed E-state index contributed by atoms with van der Waals surface area (Å²) in [5, 5.41) is 0. The Morgan fingerprint density at radius 3 is 2.64 bits per heavy atom. The van der Waals surface area contributed by atoms with Gasteiger partial charge in [-0.15, -0.1) is 0 Å². The SMILES string of the molecule is CC(C)(C)N1CCN2C(=O)CC[C@H]2C1. The molecule has 2 fully saturated rings. The van der Waals surface area contributed by atoms with Crippen LogP contribution in [0.25, 0.3) is 0 Å². The van der Waals surface area contributed by atoms with E-state index in [0.29, 0.717) is 11.9 Å². The quantitative estimate of drug-likeness (QED) is 0.579. The van der Waals surface area contributed by atoms with Crippen molar-refractivity contribution in [3.8, 4) is 0 Å². The normalized spacial score (nSPS) is 29.5. The third-order valence-corrected chi connectivity index (χ3v) is 3.44. The van der Waals surface area contributed by atoms with Gasteiger partial charge in [0.15, 0.2) is 0 Å². The molecule has 0 unspecified atom stereocenters. The van der Waals surface area contributed by atoms with Crippen LogP contribution in [0.5, 0.6) is 0 Å². The maximum absolute atomic E-state index is 11.5. The summed E-state index contributed by atoms with van der Waals surface area (Å²) in [6.07, 6.45) is 1.83. The lowest BCUT2D eigenvalue weighted by atomic mass is 10.0. The molecular weight excluding hydrogens is 176 g/mol. The van der Waals surface area contributed by atoms with Crippen molar-refractivity contribution in [2.24, 2.45) is 0 Å². The second-order valence-corrected chi connectivity index (χ2v) is 5.40. The third kappa shape index (κ3) is 1.65. The fourth-order valence-electron chi connectivity index (χ4n) is 2.47. The fraction of sp³-hybridized carbons (Fsp3) is 0.909. The summed E-state index contributed by atoms with van der Waals surface area (Å²) in [6.45, 7) is 9.78. The molecule has 0 bridgehead atoms. The second kappa shape index (κ2) is 3.23. The van der Waals surface area contributed by atoms with E-state index in [4.69, 9.17) is 0 Å². The van der Waals surface area contributed by atoms with Gasteiger partial charge >= 0.3 is 0 Å². The van der Waals surface area contributed by atoms with Crippen molar-refractivity contribution in [1.82, 2.24) is 9.80 Å². The van der Waals surface area contributed by atoms with Gasteiger partial charge in [-0.3, -0.25) is 9.69 Å². The van der Waals surface area contributed by atoms with Crippen molar-refractivity contribution in [3.05, 3.63) is 0 Å². The predicted molar refractivity (Wildman–Crippen MR) is 56.1 cm³/mol. The van der Waals surface area contributed by atoms with Crippen LogP contribution in [0.3, 0.4) is 0 Å². The molecule has 2 saturated heterocycles. The zero-order chi connectivity index (χ0) is 10.3. The van der Waals surface area contributed by atoms with Crippen LogP contribution in [-0.2, 0) is 4.79 Å². The van der Waals surface area contributed by atoms with Gasteiger partial charge in [0.1, 0.15) is 0 Å². The minimum atomic E-state index is 0.248. The Hall–Kier alpha value is -0.570. The Morgan fingerprint density at radius 1 is 1.29 bits per heavy atom. The molecule has 0 spiro atoms. The van der Waals surface area contributed by atoms with Gasteiger partial charge in [-0.2, -0.15) is 0 Å². The number of carbonyl (C=O) groups is 1. The molecule has 80 valence electrons. The van der Waals surface area contributed by atoms with Gasteiger partial charge < -0.3 is 4.90 Å². The average molecular weight is 196 g/mol. The summed E-state index contributed by atoms with van der Waals surface area (Å²) in [6, 6.07) is 0.496. The summed E-state index contributed by atoms with van der Waals surface area (Å²) in [7, 11) is 0. The van der Waals surface area contributed by atoms with Crippen LogP contribution in [-0.4, -0.2) is 46.9 Å². The monoisotopic (exact) mass is 196 g/mol. The molecule has 2 aliphatic heterocycles. The highest BCUT2D eigenvalue weighted by Gasteiger charge is 2.38. The molecule has 2 heterocycles. The molecule has 0 aromatic carbocycles. The molecule has 0 aromatic heterocycles. The van der Waals surface area contributed by atoms with Crippen molar-refractivity contribution in [2.45, 2.75) is 45.2 Å². The van der Waals surface area contributed by atoms with E-state index in [9.17, 15) is 4.79 Å². The molecular formula is C11H20N2O. The van der Waals surface area contributed by atoms with Gasteiger partial charge in [0.2, 0.25) is 5.91 Å². The maximum atomic E-state index is 11.5. The summed E-state index contributed by atoms with van der Waals surface area (Å²) >= 11 is 0. The van der Waals surface area contributed by atoms with E-state index >= 15 is 0 Å². The lowest BCUT2D eigenvalue weighted by Crippen LogP contribution is -2.56. The molecule has 14 heavy (non-hydrogen) atoms. The Labute approximate surface area is 86.1 Å². The van der Waals surface area contributed by atoms with Crippen LogP contribution in [0.4, 0.5) is 0 Å². The van der Waals surface area contributed by atoms with Crippen molar-refractivity contribution in [3.63, 3.8) is 0 Å². The smallest absolute Gasteiger partial charge is 0.222 e. The molecule has 3 nitrogen and oxygen atoms in total. The van der Waals surface area contributed by atoms with E-state index < -0.39 is 0 Å². The van der Waals surface area contributed by atoms with Crippen molar-refractivity contribution in [2.75, 3.05) is 19.6 Å². The van der Waals surface area contributed by atoms with Crippen LogP contribution in [0.1, 0.15) is 33.6 Å². The van der Waals surface area contributed by atoms with Crippen LogP contribution < -0.4 is 0 Å². The first kappa shape index (κ1) is 9.97. The van der Waals surface area contributed by atoms with Crippen molar-refractivity contribution < 1.29 is 4.79 Å². The van der Waals surface area contributed by atoms with Crippen LogP contribution >= 0.6 is 0 Å². The first-order valence-corrected chi connectivity index (χ1v) is 5.53. The maximum Gasteiger partial charge on any atom is 0.222 e. The number of piperazine rings is 1. The van der Waals surface area contributed by atoms with Crippen molar-refractivity contribution >= 4 is 5.91 Å². The molecule has 0 saturated carbocycles. The zero-order valence-electron chi connectivity index (χ0n) is 9.42. The second-order valence-electron chi connectivity index (χ2n) is 5.40. The van der Waals surface area contributed by atoms with Gasteiger partial charge in [0.05, 0.1) is 0 Å². The lowest BCUT2D eigenvalue weighted by molar-refractivity contribution is -0.131. The summed E-state index contributed by atoms with van der Waals surface area (Å²) in [5.41, 5.74) is 0.248. The van der Waals surface area contributed by atoms with Gasteiger partial charge in [0, 0.05) is 37.6 Å². The summed E-state index contributed by atoms with van der Waals surface area (Å²) < 4.78 is 0. The van der Waals surface area contributed by atoms with Gasteiger partial charge in [0.25, 0.3) is 0 Å². The highest BCUT2D eigenvalue weighted by Crippen LogP contribution is 2.26. The minimum Gasteiger partial charge on any atom is -0.337 e. The molecule has 1 amide bonds. The molecule has 0 N–H and O–H groups in total. The van der Waals surface area contributed by atoms with E-state index in [0.717, 1.165) is 32.5 Å². The van der Waals surface area contributed by atoms with Crippen molar-refractivity contribution in [1.29, 1.82) is 0 Å². The first-order chi connectivity index (χ1) is 6.48. The minimum absolute atomic E-state index is 0.248. The molecule has 2 aliphatic rings. The average Bonchev–Trinajstić information content (AvgIpc) is 2.46. The lowest BCUT2D eigenvalue weighted by Gasteiger charge is -2.44. The van der Waals surface area contributed by atoms with E-state index in [1.807, 2.05) is 0 Å². The first-order valence-electron chi connectivity index (χ1n) is 5.53. The predicted octanol–water partition coefficient (Wildman–Crippen LogP) is 1.09. The third-order valence-electron chi connectivity index (χ3n) is 3.44. The van der Waals surface area contributed by atoms with Crippen LogP contribution in [0.2, 0.25) is 0 Å². The number of carbonyl (C=O) groups excluding carboxylic acids is 1.